The van der Waals surface area contributed by atoms with Gasteiger partial charge in [-0.05, 0) is 42.8 Å². The van der Waals surface area contributed by atoms with Gasteiger partial charge in [-0.25, -0.2) is 9.37 Å². The van der Waals surface area contributed by atoms with Crippen molar-refractivity contribution >= 4 is 22.7 Å². The molecule has 0 aliphatic heterocycles. The minimum atomic E-state index is -0.340. The number of amides is 1. The van der Waals surface area contributed by atoms with Gasteiger partial charge in [0.25, 0.3) is 0 Å². The summed E-state index contributed by atoms with van der Waals surface area (Å²) in [5.74, 6) is -0.0190. The Morgan fingerprint density at radius 2 is 2.14 bits per heavy atom. The molecule has 0 unspecified atom stereocenters. The monoisotopic (exact) mass is 298 g/mol. The van der Waals surface area contributed by atoms with Crippen LogP contribution in [0.3, 0.4) is 0 Å². The maximum absolute atomic E-state index is 13.3. The zero-order valence-corrected chi connectivity index (χ0v) is 12.1. The summed E-state index contributed by atoms with van der Waals surface area (Å²) in [5, 5.41) is 2.81. The first-order valence-electron chi connectivity index (χ1n) is 7.12. The summed E-state index contributed by atoms with van der Waals surface area (Å²) in [7, 11) is 0. The Kier molecular flexibility index (Phi) is 3.87. The van der Waals surface area contributed by atoms with E-state index >= 15 is 0 Å². The third-order valence-corrected chi connectivity index (χ3v) is 3.22. The number of halogens is 1. The highest BCUT2D eigenvalue weighted by atomic mass is 19.1. The van der Waals surface area contributed by atoms with Gasteiger partial charge < -0.3 is 9.73 Å². The van der Waals surface area contributed by atoms with E-state index in [2.05, 4.69) is 10.3 Å². The fraction of sp³-hybridized carbons (Fsp3) is 0.176. The van der Waals surface area contributed by atoms with E-state index < -0.39 is 0 Å². The van der Waals surface area contributed by atoms with E-state index in [4.69, 9.17) is 4.42 Å². The van der Waals surface area contributed by atoms with E-state index in [0.29, 0.717) is 34.7 Å². The van der Waals surface area contributed by atoms with E-state index in [1.54, 1.807) is 30.3 Å². The van der Waals surface area contributed by atoms with Gasteiger partial charge in [-0.3, -0.25) is 4.79 Å². The molecule has 0 fully saturated rings. The van der Waals surface area contributed by atoms with Crippen LogP contribution in [0.15, 0.2) is 46.9 Å². The van der Waals surface area contributed by atoms with Crippen molar-refractivity contribution in [2.24, 2.45) is 0 Å². The van der Waals surface area contributed by atoms with Crippen LogP contribution in [-0.4, -0.2) is 10.9 Å². The smallest absolute Gasteiger partial charge is 0.227 e. The normalized spacial score (nSPS) is 10.8. The molecule has 112 valence electrons. The number of fused-ring (bicyclic) bond motifs is 1. The summed E-state index contributed by atoms with van der Waals surface area (Å²) >= 11 is 0. The second kappa shape index (κ2) is 5.97. The lowest BCUT2D eigenvalue weighted by molar-refractivity contribution is -0.116. The Morgan fingerprint density at radius 3 is 2.91 bits per heavy atom. The first kappa shape index (κ1) is 14.3. The minimum Gasteiger partial charge on any atom is -0.436 e. The number of rotatable bonds is 4. The molecule has 0 spiro atoms. The second-order valence-electron chi connectivity index (χ2n) is 5.01. The highest BCUT2D eigenvalue weighted by Gasteiger charge is 2.10. The summed E-state index contributed by atoms with van der Waals surface area (Å²) in [4.78, 5) is 16.0. The van der Waals surface area contributed by atoms with Crippen LogP contribution in [0.5, 0.6) is 0 Å². The molecule has 1 aromatic heterocycles. The van der Waals surface area contributed by atoms with Crippen molar-refractivity contribution in [2.45, 2.75) is 19.8 Å². The minimum absolute atomic E-state index is 0.0318. The number of benzene rings is 2. The average Bonchev–Trinajstić information content (AvgIpc) is 2.90. The molecular formula is C17H15FN2O2. The Balaban J connectivity index is 1.92. The Bertz CT molecular complexity index is 826. The molecule has 0 saturated carbocycles. The van der Waals surface area contributed by atoms with Crippen LogP contribution in [0.2, 0.25) is 0 Å². The van der Waals surface area contributed by atoms with Gasteiger partial charge in [0.2, 0.25) is 11.8 Å². The van der Waals surface area contributed by atoms with Crippen LogP contribution in [0, 0.1) is 5.82 Å². The first-order valence-corrected chi connectivity index (χ1v) is 7.12. The Hall–Kier alpha value is -2.69. The lowest BCUT2D eigenvalue weighted by atomic mass is 10.2. The molecule has 0 aliphatic carbocycles. The average molecular weight is 298 g/mol. The number of carbonyl (C=O) groups is 1. The topological polar surface area (TPSA) is 55.1 Å². The quantitative estimate of drug-likeness (QED) is 0.778. The van der Waals surface area contributed by atoms with Crippen LogP contribution in [0.4, 0.5) is 10.1 Å². The molecule has 0 bridgehead atoms. The van der Waals surface area contributed by atoms with Gasteiger partial charge in [0.05, 0.1) is 0 Å². The Morgan fingerprint density at radius 1 is 1.27 bits per heavy atom. The summed E-state index contributed by atoms with van der Waals surface area (Å²) in [6.07, 6.45) is 1.27. The molecule has 0 saturated heterocycles. The highest BCUT2D eigenvalue weighted by Crippen LogP contribution is 2.26. The zero-order valence-electron chi connectivity index (χ0n) is 12.1. The van der Waals surface area contributed by atoms with Gasteiger partial charge in [-0.2, -0.15) is 0 Å². The number of hydrogen-bond acceptors (Lipinski definition) is 3. The molecule has 1 amide bonds. The fourth-order valence-electron chi connectivity index (χ4n) is 2.20. The van der Waals surface area contributed by atoms with E-state index in [1.165, 1.54) is 12.1 Å². The van der Waals surface area contributed by atoms with Crippen LogP contribution in [0.1, 0.15) is 19.8 Å². The van der Waals surface area contributed by atoms with Crippen molar-refractivity contribution in [2.75, 3.05) is 5.32 Å². The number of carbonyl (C=O) groups excluding carboxylic acids is 1. The third-order valence-electron chi connectivity index (χ3n) is 3.22. The molecular weight excluding hydrogens is 283 g/mol. The fourth-order valence-corrected chi connectivity index (χ4v) is 2.20. The van der Waals surface area contributed by atoms with Crippen LogP contribution >= 0.6 is 0 Å². The van der Waals surface area contributed by atoms with Gasteiger partial charge >= 0.3 is 0 Å². The predicted molar refractivity (Wildman–Crippen MR) is 82.9 cm³/mol. The largest absolute Gasteiger partial charge is 0.436 e. The van der Waals surface area contributed by atoms with Gasteiger partial charge in [0.15, 0.2) is 5.58 Å². The maximum Gasteiger partial charge on any atom is 0.227 e. The van der Waals surface area contributed by atoms with Crippen molar-refractivity contribution in [1.82, 2.24) is 4.98 Å². The zero-order chi connectivity index (χ0) is 15.5. The lowest BCUT2D eigenvalue weighted by Crippen LogP contribution is -2.10. The number of nitrogens with one attached hydrogen (secondary N) is 1. The summed E-state index contributed by atoms with van der Waals surface area (Å²) in [6.45, 7) is 1.95. The summed E-state index contributed by atoms with van der Waals surface area (Å²) in [5.41, 5.74) is 2.46. The standard InChI is InChI=1S/C17H15FN2O2/c1-2-4-16(21)19-13-7-8-15-14(10-13)20-17(22-15)11-5-3-6-12(18)9-11/h3,5-10H,2,4H2,1H3,(H,19,21). The molecule has 3 aromatic rings. The second-order valence-corrected chi connectivity index (χ2v) is 5.01. The number of anilines is 1. The van der Waals surface area contributed by atoms with Crippen molar-refractivity contribution in [1.29, 1.82) is 0 Å². The van der Waals surface area contributed by atoms with E-state index in [-0.39, 0.29) is 11.7 Å². The van der Waals surface area contributed by atoms with Crippen LogP contribution < -0.4 is 5.32 Å². The first-order chi connectivity index (χ1) is 10.7. The molecule has 2 aromatic carbocycles. The molecule has 4 nitrogen and oxygen atoms in total. The molecule has 0 aliphatic rings. The van der Waals surface area contributed by atoms with Crippen molar-refractivity contribution < 1.29 is 13.6 Å². The van der Waals surface area contributed by atoms with Crippen molar-refractivity contribution in [3.8, 4) is 11.5 Å². The lowest BCUT2D eigenvalue weighted by Gasteiger charge is -2.02. The predicted octanol–water partition coefficient (Wildman–Crippen LogP) is 4.37. The number of hydrogen-bond donors (Lipinski definition) is 1. The van der Waals surface area contributed by atoms with E-state index in [0.717, 1.165) is 6.42 Å². The van der Waals surface area contributed by atoms with Crippen LogP contribution in [0.25, 0.3) is 22.6 Å². The summed E-state index contributed by atoms with van der Waals surface area (Å²) in [6, 6.07) is 11.3. The van der Waals surface area contributed by atoms with E-state index in [1.807, 2.05) is 6.92 Å². The number of oxazole rings is 1. The molecule has 5 heteroatoms. The molecule has 0 atom stereocenters. The molecule has 0 radical (unpaired) electrons. The van der Waals surface area contributed by atoms with E-state index in [9.17, 15) is 9.18 Å². The van der Waals surface area contributed by atoms with Gasteiger partial charge in [0.1, 0.15) is 11.3 Å². The maximum atomic E-state index is 13.3. The van der Waals surface area contributed by atoms with Crippen molar-refractivity contribution in [3.63, 3.8) is 0 Å². The number of aromatic nitrogens is 1. The van der Waals surface area contributed by atoms with Gasteiger partial charge in [-0.1, -0.05) is 13.0 Å². The highest BCUT2D eigenvalue weighted by molar-refractivity contribution is 5.93. The summed E-state index contributed by atoms with van der Waals surface area (Å²) < 4.78 is 18.9. The Labute approximate surface area is 127 Å². The molecule has 1 N–H and O–H groups in total. The molecule has 3 rings (SSSR count). The van der Waals surface area contributed by atoms with Crippen LogP contribution in [-0.2, 0) is 4.79 Å². The van der Waals surface area contributed by atoms with Gasteiger partial charge in [-0.15, -0.1) is 0 Å². The SMILES string of the molecule is CCCC(=O)Nc1ccc2oc(-c3cccc(F)c3)nc2c1. The van der Waals surface area contributed by atoms with Gasteiger partial charge in [0, 0.05) is 17.7 Å². The molecule has 1 heterocycles. The third kappa shape index (κ3) is 2.98. The number of nitrogens with zero attached hydrogens (tertiary/aromatic N) is 1. The molecule has 22 heavy (non-hydrogen) atoms. The van der Waals surface area contributed by atoms with Crippen molar-refractivity contribution in [3.05, 3.63) is 48.3 Å².